The van der Waals surface area contributed by atoms with Crippen molar-refractivity contribution in [3.05, 3.63) is 136 Å². The lowest BCUT2D eigenvalue weighted by atomic mass is 9.58. The van der Waals surface area contributed by atoms with Crippen LogP contribution in [0.5, 0.6) is 5.75 Å². The van der Waals surface area contributed by atoms with E-state index in [9.17, 15) is 19.7 Å². The number of likely N-dealkylation sites (tertiary alicyclic amines) is 1. The van der Waals surface area contributed by atoms with Crippen LogP contribution in [-0.2, 0) is 18.7 Å². The Morgan fingerprint density at radius 3 is 2.13 bits per heavy atom. The number of carbonyl (C=O) groups excluding carboxylic acids is 2. The highest BCUT2D eigenvalue weighted by Crippen LogP contribution is 2.51. The Bertz CT molecular complexity index is 2030. The van der Waals surface area contributed by atoms with Crippen LogP contribution in [0.2, 0.25) is 16.4 Å². The predicted octanol–water partition coefficient (Wildman–Crippen LogP) is 7.37. The molecule has 4 aromatic carbocycles. The van der Waals surface area contributed by atoms with E-state index in [1.54, 1.807) is 19.2 Å². The number of fused-ring (bicyclic) bond motifs is 3. The summed E-state index contributed by atoms with van der Waals surface area (Å²) in [5, 5.41) is 23.7. The standard InChI is InChI=1S/C44H47BClNO6Si/c1-44(2,3)54(34-16-10-6-11-17-34,35-18-12-7-13-19-35)52-28-32-25-36-41(43(50)47(4)42(36)49)37-27-45(51)53-39(40(32)37)23-21-30(29-14-8-5-9-15-29)24-31-20-22-33(48)26-38(31)46/h5-20,22,24,26,36-37,39,41,48,51H,21,23,25,27-28H2,1-4H3/b30-24-/t36-,37+,39-,41-/m1/s1. The number of hydrogen-bond donors (Lipinski definition) is 2. The van der Waals surface area contributed by atoms with Crippen molar-refractivity contribution >= 4 is 60.9 Å². The van der Waals surface area contributed by atoms with Crippen molar-refractivity contribution in [3.63, 3.8) is 0 Å². The molecular weight excluding hydrogens is 713 g/mol. The van der Waals surface area contributed by atoms with E-state index in [1.807, 2.05) is 48.5 Å². The minimum absolute atomic E-state index is 0.0926. The van der Waals surface area contributed by atoms with Crippen LogP contribution in [-0.4, -0.2) is 62.0 Å². The molecule has 0 spiro atoms. The van der Waals surface area contributed by atoms with Crippen LogP contribution in [0.3, 0.4) is 0 Å². The number of rotatable bonds is 10. The molecule has 0 bridgehead atoms. The number of hydrogen-bond acceptors (Lipinski definition) is 6. The zero-order chi connectivity index (χ0) is 38.2. The topological polar surface area (TPSA) is 96.3 Å². The molecule has 4 atom stereocenters. The van der Waals surface area contributed by atoms with Gasteiger partial charge in [0.2, 0.25) is 11.8 Å². The van der Waals surface area contributed by atoms with Gasteiger partial charge in [0.1, 0.15) is 5.75 Å². The number of aromatic hydroxyl groups is 1. The molecule has 0 aromatic heterocycles. The molecule has 7 rings (SSSR count). The van der Waals surface area contributed by atoms with E-state index in [-0.39, 0.29) is 41.4 Å². The fourth-order valence-electron chi connectivity index (χ4n) is 9.07. The van der Waals surface area contributed by atoms with E-state index >= 15 is 0 Å². The van der Waals surface area contributed by atoms with Gasteiger partial charge in [-0.15, -0.1) is 0 Å². The first-order valence-electron chi connectivity index (χ1n) is 18.8. The van der Waals surface area contributed by atoms with E-state index in [0.717, 1.165) is 38.2 Å². The Morgan fingerprint density at radius 2 is 1.54 bits per heavy atom. The molecule has 278 valence electrons. The first-order chi connectivity index (χ1) is 25.9. The molecular formula is C44H47BClNO6Si. The number of allylic oxidation sites excluding steroid dienone is 1. The van der Waals surface area contributed by atoms with Crippen LogP contribution in [0.15, 0.2) is 120 Å². The molecule has 1 aliphatic carbocycles. The first kappa shape index (κ1) is 38.0. The molecule has 0 unspecified atom stereocenters. The van der Waals surface area contributed by atoms with Crippen LogP contribution >= 0.6 is 11.6 Å². The van der Waals surface area contributed by atoms with Crippen molar-refractivity contribution < 1.29 is 28.8 Å². The van der Waals surface area contributed by atoms with Crippen LogP contribution < -0.4 is 10.4 Å². The highest BCUT2D eigenvalue weighted by Gasteiger charge is 2.57. The minimum atomic E-state index is -2.96. The highest BCUT2D eigenvalue weighted by molar-refractivity contribution is 6.99. The third-order valence-electron chi connectivity index (χ3n) is 11.5. The summed E-state index contributed by atoms with van der Waals surface area (Å²) >= 11 is 6.58. The third-order valence-corrected chi connectivity index (χ3v) is 16.9. The normalized spacial score (nSPS) is 22.1. The Balaban J connectivity index is 1.31. The highest BCUT2D eigenvalue weighted by atomic mass is 35.5. The van der Waals surface area contributed by atoms with Gasteiger partial charge in [-0.1, -0.05) is 123 Å². The van der Waals surface area contributed by atoms with Gasteiger partial charge in [-0.25, -0.2) is 0 Å². The summed E-state index contributed by atoms with van der Waals surface area (Å²) in [6, 6.07) is 35.9. The fourth-order valence-corrected chi connectivity index (χ4v) is 13.8. The molecule has 2 heterocycles. The monoisotopic (exact) mass is 759 g/mol. The summed E-state index contributed by atoms with van der Waals surface area (Å²) in [6.07, 6.45) is 3.21. The third kappa shape index (κ3) is 7.16. The molecule has 2 amide bonds. The maximum absolute atomic E-state index is 13.7. The second-order valence-electron chi connectivity index (χ2n) is 15.8. The SMILES string of the molecule is CN1C(=O)[C@@H]2[C@@H](CC(CO[Si](c3ccccc3)(c3ccccc3)C(C)(C)C)=C3[C@@H](CC/C(=C/c4ccc(O)cc4Cl)c4ccccc4)OB(O)C[C@@H]32)C1=O. The first-order valence-corrected chi connectivity index (χ1v) is 21.0. The molecule has 10 heteroatoms. The Morgan fingerprint density at radius 1 is 0.926 bits per heavy atom. The maximum atomic E-state index is 13.7. The zero-order valence-electron chi connectivity index (χ0n) is 31.2. The summed E-state index contributed by atoms with van der Waals surface area (Å²) in [6.45, 7) is 7.00. The minimum Gasteiger partial charge on any atom is -0.508 e. The average molecular weight is 760 g/mol. The van der Waals surface area contributed by atoms with Crippen molar-refractivity contribution in [2.75, 3.05) is 13.7 Å². The van der Waals surface area contributed by atoms with Crippen LogP contribution in [0.1, 0.15) is 51.2 Å². The van der Waals surface area contributed by atoms with Crippen LogP contribution in [0, 0.1) is 17.8 Å². The number of halogens is 1. The van der Waals surface area contributed by atoms with Gasteiger partial charge in [-0.05, 0) is 99.0 Å². The molecule has 0 radical (unpaired) electrons. The largest absolute Gasteiger partial charge is 0.508 e. The van der Waals surface area contributed by atoms with Gasteiger partial charge in [-0.3, -0.25) is 14.5 Å². The lowest BCUT2D eigenvalue weighted by Gasteiger charge is -2.46. The Hall–Kier alpha value is -4.25. The van der Waals surface area contributed by atoms with Crippen molar-refractivity contribution in [1.82, 2.24) is 4.90 Å². The second-order valence-corrected chi connectivity index (χ2v) is 20.5. The number of nitrogens with zero attached hydrogens (tertiary/aromatic N) is 1. The van der Waals surface area contributed by atoms with E-state index in [0.29, 0.717) is 24.3 Å². The molecule has 2 fully saturated rings. The number of carbonyl (C=O) groups is 2. The smallest absolute Gasteiger partial charge is 0.455 e. The fraction of sp³-hybridized carbons (Fsp3) is 0.318. The quantitative estimate of drug-likeness (QED) is 0.0760. The molecule has 4 aromatic rings. The molecule has 2 aliphatic heterocycles. The summed E-state index contributed by atoms with van der Waals surface area (Å²) in [5.74, 6) is -1.72. The van der Waals surface area contributed by atoms with Crippen molar-refractivity contribution in [3.8, 4) is 5.75 Å². The number of amides is 2. The van der Waals surface area contributed by atoms with Gasteiger partial charge < -0.3 is 19.2 Å². The lowest BCUT2D eigenvalue weighted by Crippen LogP contribution is -2.66. The summed E-state index contributed by atoms with van der Waals surface area (Å²) in [4.78, 5) is 28.7. The van der Waals surface area contributed by atoms with E-state index < -0.39 is 33.4 Å². The van der Waals surface area contributed by atoms with Crippen LogP contribution in [0.4, 0.5) is 0 Å². The second kappa shape index (κ2) is 15.5. The average Bonchev–Trinajstić information content (AvgIpc) is 3.38. The van der Waals surface area contributed by atoms with E-state index in [4.69, 9.17) is 20.7 Å². The van der Waals surface area contributed by atoms with Gasteiger partial charge >= 0.3 is 7.12 Å². The van der Waals surface area contributed by atoms with Gasteiger partial charge in [0.25, 0.3) is 8.32 Å². The predicted molar refractivity (Wildman–Crippen MR) is 218 cm³/mol. The van der Waals surface area contributed by atoms with Gasteiger partial charge in [0, 0.05) is 7.05 Å². The van der Waals surface area contributed by atoms with E-state index in [1.165, 1.54) is 11.0 Å². The summed E-state index contributed by atoms with van der Waals surface area (Å²) < 4.78 is 13.9. The molecule has 54 heavy (non-hydrogen) atoms. The molecule has 7 nitrogen and oxygen atoms in total. The molecule has 2 N–H and O–H groups in total. The summed E-state index contributed by atoms with van der Waals surface area (Å²) in [5.41, 5.74) is 4.75. The van der Waals surface area contributed by atoms with Gasteiger partial charge in [0.05, 0.1) is 29.6 Å². The zero-order valence-corrected chi connectivity index (χ0v) is 33.0. The maximum Gasteiger partial charge on any atom is 0.455 e. The van der Waals surface area contributed by atoms with Crippen molar-refractivity contribution in [2.45, 2.75) is 57.5 Å². The molecule has 3 aliphatic rings. The Labute approximate surface area is 324 Å². The number of benzene rings is 4. The number of phenols is 1. The molecule has 2 saturated heterocycles. The number of phenolic OH excluding ortho intramolecular Hbond substituents is 1. The van der Waals surface area contributed by atoms with Gasteiger partial charge in [-0.2, -0.15) is 0 Å². The van der Waals surface area contributed by atoms with Crippen molar-refractivity contribution in [1.29, 1.82) is 0 Å². The lowest BCUT2D eigenvalue weighted by molar-refractivity contribution is -0.138. The van der Waals surface area contributed by atoms with Gasteiger partial charge in [0.15, 0.2) is 0 Å². The molecule has 0 saturated carbocycles. The van der Waals surface area contributed by atoms with Crippen molar-refractivity contribution in [2.24, 2.45) is 17.8 Å². The van der Waals surface area contributed by atoms with E-state index in [2.05, 4.69) is 69.3 Å². The Kier molecular flexibility index (Phi) is 10.9. The number of imide groups is 1. The van der Waals surface area contributed by atoms with Crippen LogP contribution in [0.25, 0.3) is 11.6 Å². The summed E-state index contributed by atoms with van der Waals surface area (Å²) in [7, 11) is -2.48.